The van der Waals surface area contributed by atoms with Crippen LogP contribution in [-0.2, 0) is 23.2 Å². The Morgan fingerprint density at radius 1 is 1.15 bits per heavy atom. The van der Waals surface area contributed by atoms with Crippen molar-refractivity contribution in [3.63, 3.8) is 0 Å². The molecule has 2 aromatic carbocycles. The van der Waals surface area contributed by atoms with Crippen LogP contribution in [0.25, 0.3) is 0 Å². The molecule has 9 nitrogen and oxygen atoms in total. The highest BCUT2D eigenvalue weighted by molar-refractivity contribution is 7.99. The third-order valence-electron chi connectivity index (χ3n) is 5.31. The molecule has 1 aliphatic rings. The van der Waals surface area contributed by atoms with Gasteiger partial charge in [-0.15, -0.1) is 10.2 Å². The molecule has 33 heavy (non-hydrogen) atoms. The van der Waals surface area contributed by atoms with Crippen LogP contribution >= 0.6 is 11.8 Å². The molecule has 0 fully saturated rings. The lowest BCUT2D eigenvalue weighted by Crippen LogP contribution is -2.40. The van der Waals surface area contributed by atoms with Gasteiger partial charge in [-0.1, -0.05) is 23.9 Å². The van der Waals surface area contributed by atoms with Crippen LogP contribution in [0.4, 0.5) is 11.4 Å². The lowest BCUT2D eigenvalue weighted by atomic mass is 10.2. The van der Waals surface area contributed by atoms with Gasteiger partial charge in [-0.2, -0.15) is 0 Å². The first kappa shape index (κ1) is 22.7. The minimum atomic E-state index is -0.255. The summed E-state index contributed by atoms with van der Waals surface area (Å²) in [5.74, 6) is 2.05. The number of nitrogens with zero attached hydrogens (tertiary/aromatic N) is 4. The zero-order valence-corrected chi connectivity index (χ0v) is 19.5. The van der Waals surface area contributed by atoms with Gasteiger partial charge in [0, 0.05) is 19.5 Å². The van der Waals surface area contributed by atoms with Crippen LogP contribution < -0.4 is 19.7 Å². The maximum Gasteiger partial charge on any atom is 0.237 e. The molecule has 3 aromatic rings. The fourth-order valence-corrected chi connectivity index (χ4v) is 4.37. The predicted molar refractivity (Wildman–Crippen MR) is 126 cm³/mol. The monoisotopic (exact) mass is 467 g/mol. The van der Waals surface area contributed by atoms with Gasteiger partial charge in [0.2, 0.25) is 11.8 Å². The first-order chi connectivity index (χ1) is 16.0. The number of thioether (sulfide) groups is 1. The van der Waals surface area contributed by atoms with Gasteiger partial charge in [-0.05, 0) is 43.3 Å². The summed E-state index contributed by atoms with van der Waals surface area (Å²) < 4.78 is 12.7. The lowest BCUT2D eigenvalue weighted by Gasteiger charge is -2.27. The molecule has 0 bridgehead atoms. The van der Waals surface area contributed by atoms with Crippen molar-refractivity contribution in [3.05, 3.63) is 54.4 Å². The van der Waals surface area contributed by atoms with E-state index in [2.05, 4.69) is 15.5 Å². The number of aromatic nitrogens is 3. The van der Waals surface area contributed by atoms with E-state index in [-0.39, 0.29) is 36.6 Å². The average molecular weight is 468 g/mol. The highest BCUT2D eigenvalue weighted by atomic mass is 32.2. The van der Waals surface area contributed by atoms with Crippen LogP contribution in [0.15, 0.2) is 53.7 Å². The average Bonchev–Trinajstić information content (AvgIpc) is 3.10. The third-order valence-corrected chi connectivity index (χ3v) is 6.31. The van der Waals surface area contributed by atoms with E-state index < -0.39 is 0 Å². The zero-order valence-electron chi connectivity index (χ0n) is 18.6. The summed E-state index contributed by atoms with van der Waals surface area (Å²) in [5.41, 5.74) is 1.34. The number of para-hydroxylation sites is 2. The number of fused-ring (bicyclic) bond motifs is 1. The van der Waals surface area contributed by atoms with E-state index in [0.717, 1.165) is 5.75 Å². The minimum Gasteiger partial charge on any atom is -0.497 e. The molecule has 0 saturated carbocycles. The Morgan fingerprint density at radius 2 is 1.88 bits per heavy atom. The first-order valence-electron chi connectivity index (χ1n) is 10.4. The van der Waals surface area contributed by atoms with Crippen LogP contribution in [0.2, 0.25) is 0 Å². The van der Waals surface area contributed by atoms with Crippen LogP contribution in [0, 0.1) is 0 Å². The second-order valence-electron chi connectivity index (χ2n) is 7.59. The van der Waals surface area contributed by atoms with Crippen molar-refractivity contribution in [3.8, 4) is 11.5 Å². The maximum absolute atomic E-state index is 13.2. The number of amides is 2. The number of ether oxygens (including phenoxy) is 2. The van der Waals surface area contributed by atoms with Crippen molar-refractivity contribution in [2.24, 2.45) is 7.05 Å². The van der Waals surface area contributed by atoms with Crippen molar-refractivity contribution in [1.82, 2.24) is 14.8 Å². The smallest absolute Gasteiger partial charge is 0.237 e. The molecule has 0 unspecified atom stereocenters. The van der Waals surface area contributed by atoms with Gasteiger partial charge in [0.1, 0.15) is 18.1 Å². The molecule has 4 rings (SSSR count). The minimum absolute atomic E-state index is 0.101. The molecule has 10 heteroatoms. The van der Waals surface area contributed by atoms with Crippen LogP contribution in [0.3, 0.4) is 0 Å². The fraction of sp³-hybridized carbons (Fsp3) is 0.304. The molecule has 1 aromatic heterocycles. The molecule has 0 aliphatic carbocycles. The molecule has 172 valence electrons. The number of carbonyl (C=O) groups is 2. The zero-order chi connectivity index (χ0) is 23.4. The summed E-state index contributed by atoms with van der Waals surface area (Å²) in [6, 6.07) is 14.4. The first-order valence-corrected chi connectivity index (χ1v) is 11.4. The summed E-state index contributed by atoms with van der Waals surface area (Å²) in [5, 5.41) is 11.9. The highest BCUT2D eigenvalue weighted by Crippen LogP contribution is 2.32. The number of rotatable bonds is 7. The van der Waals surface area contributed by atoms with Crippen molar-refractivity contribution < 1.29 is 19.1 Å². The van der Waals surface area contributed by atoms with Crippen LogP contribution in [-0.4, -0.2) is 45.5 Å². The summed E-state index contributed by atoms with van der Waals surface area (Å²) in [6.07, 6.45) is 0.238. The molecule has 0 radical (unpaired) electrons. The Labute approximate surface area is 196 Å². The molecule has 2 heterocycles. The van der Waals surface area contributed by atoms with Crippen molar-refractivity contribution in [2.45, 2.75) is 31.1 Å². The Morgan fingerprint density at radius 3 is 2.64 bits per heavy atom. The third kappa shape index (κ3) is 5.11. The molecule has 1 aliphatic heterocycles. The predicted octanol–water partition coefficient (Wildman–Crippen LogP) is 3.26. The fourth-order valence-electron chi connectivity index (χ4n) is 3.58. The quantitative estimate of drug-likeness (QED) is 0.533. The topological polar surface area (TPSA) is 98.6 Å². The number of nitrogens with one attached hydrogen (secondary N) is 1. The van der Waals surface area contributed by atoms with Gasteiger partial charge in [0.15, 0.2) is 11.0 Å². The Hall–Kier alpha value is -3.53. The van der Waals surface area contributed by atoms with Gasteiger partial charge in [-0.25, -0.2) is 0 Å². The highest BCUT2D eigenvalue weighted by Gasteiger charge is 2.29. The molecular formula is C23H25N5O4S. The van der Waals surface area contributed by atoms with Gasteiger partial charge in [0.05, 0.1) is 24.2 Å². The van der Waals surface area contributed by atoms with Gasteiger partial charge in [-0.3, -0.25) is 9.59 Å². The Balaban J connectivity index is 1.40. The van der Waals surface area contributed by atoms with E-state index >= 15 is 0 Å². The van der Waals surface area contributed by atoms with Gasteiger partial charge < -0.3 is 24.3 Å². The van der Waals surface area contributed by atoms with Crippen molar-refractivity contribution in [1.29, 1.82) is 0 Å². The largest absolute Gasteiger partial charge is 0.497 e. The van der Waals surface area contributed by atoms with E-state index in [1.54, 1.807) is 18.1 Å². The number of methoxy groups -OCH3 is 1. The number of carbonyl (C=O) groups excluding carboxylic acids is 2. The van der Waals surface area contributed by atoms with Crippen molar-refractivity contribution >= 4 is 35.0 Å². The molecular weight excluding hydrogens is 442 g/mol. The Bertz CT molecular complexity index is 1150. The van der Waals surface area contributed by atoms with Crippen LogP contribution in [0.1, 0.15) is 19.2 Å². The normalized spacial score (nSPS) is 15.4. The van der Waals surface area contributed by atoms with Gasteiger partial charge in [0.25, 0.3) is 0 Å². The van der Waals surface area contributed by atoms with E-state index in [0.29, 0.717) is 28.1 Å². The maximum atomic E-state index is 13.2. The van der Waals surface area contributed by atoms with E-state index in [1.165, 1.54) is 11.8 Å². The molecule has 2 amide bonds. The summed E-state index contributed by atoms with van der Waals surface area (Å²) >= 11 is 1.30. The number of hydrogen-bond donors (Lipinski definition) is 1. The number of anilines is 2. The Kier molecular flexibility index (Phi) is 6.83. The summed E-state index contributed by atoms with van der Waals surface area (Å²) in [4.78, 5) is 27.0. The van der Waals surface area contributed by atoms with Crippen molar-refractivity contribution in [2.75, 3.05) is 23.1 Å². The molecule has 0 spiro atoms. The number of hydrogen-bond acceptors (Lipinski definition) is 7. The summed E-state index contributed by atoms with van der Waals surface area (Å²) in [7, 11) is 3.45. The summed E-state index contributed by atoms with van der Waals surface area (Å²) in [6.45, 7) is 2.12. The SMILES string of the molecule is COc1ccc(OCc2nnc(SCC(=O)N3c4ccccc4NC(=O)C[C@H]3C)n2C)cc1. The second kappa shape index (κ2) is 9.95. The van der Waals surface area contributed by atoms with E-state index in [4.69, 9.17) is 9.47 Å². The molecule has 1 atom stereocenters. The van der Waals surface area contributed by atoms with E-state index in [9.17, 15) is 9.59 Å². The van der Waals surface area contributed by atoms with E-state index in [1.807, 2.05) is 61.0 Å². The standard InChI is InChI=1S/C23H25N5O4S/c1-15-12-21(29)24-18-6-4-5-7-19(18)28(15)22(30)14-33-23-26-25-20(27(23)2)13-32-17-10-8-16(31-3)9-11-17/h4-11,15H,12-14H2,1-3H3,(H,24,29)/t15-/m1/s1. The second-order valence-corrected chi connectivity index (χ2v) is 8.54. The number of benzene rings is 2. The lowest BCUT2D eigenvalue weighted by molar-refractivity contribution is -0.117. The van der Waals surface area contributed by atoms with Crippen LogP contribution in [0.5, 0.6) is 11.5 Å². The van der Waals surface area contributed by atoms with Gasteiger partial charge >= 0.3 is 0 Å². The molecule has 1 N–H and O–H groups in total. The molecule has 0 saturated heterocycles.